The molecule has 0 amide bonds. The number of ether oxygens (including phenoxy) is 1. The quantitative estimate of drug-likeness (QED) is 0.598. The molecule has 0 radical (unpaired) electrons. The number of carbonyl (C=O) groups is 1. The average Bonchev–Trinajstić information content (AvgIpc) is 2.81. The predicted octanol–water partition coefficient (Wildman–Crippen LogP) is 1.23. The summed E-state index contributed by atoms with van der Waals surface area (Å²) in [7, 11) is 1.55. The van der Waals surface area contributed by atoms with Gasteiger partial charge in [-0.3, -0.25) is 9.89 Å². The number of methoxy groups -OCH3 is 1. The van der Waals surface area contributed by atoms with Crippen molar-refractivity contribution in [1.82, 2.24) is 10.2 Å². The van der Waals surface area contributed by atoms with Crippen molar-refractivity contribution >= 4 is 11.5 Å². The molecule has 0 spiro atoms. The van der Waals surface area contributed by atoms with Crippen molar-refractivity contribution in [1.29, 1.82) is 0 Å². The van der Waals surface area contributed by atoms with Gasteiger partial charge in [-0.25, -0.2) is 0 Å². The van der Waals surface area contributed by atoms with Gasteiger partial charge in [0.15, 0.2) is 0 Å². The molecule has 0 aliphatic rings. The molecule has 0 saturated heterocycles. The standard InChI is InChI=1S/C11H11N3O2/c1-16-7-2-3-8(9(12)6-7)11(15)10-4-5-13-14-10/h2-6H,12H2,1H3,(H,13,14). The van der Waals surface area contributed by atoms with E-state index >= 15 is 0 Å². The Morgan fingerprint density at radius 2 is 2.25 bits per heavy atom. The first-order chi connectivity index (χ1) is 7.72. The van der Waals surface area contributed by atoms with E-state index in [1.54, 1.807) is 31.4 Å². The Morgan fingerprint density at radius 1 is 1.44 bits per heavy atom. The van der Waals surface area contributed by atoms with Gasteiger partial charge < -0.3 is 10.5 Å². The number of nitrogens with one attached hydrogen (secondary N) is 1. The van der Waals surface area contributed by atoms with E-state index in [2.05, 4.69) is 10.2 Å². The lowest BCUT2D eigenvalue weighted by atomic mass is 10.1. The molecule has 1 aromatic carbocycles. The van der Waals surface area contributed by atoms with Gasteiger partial charge >= 0.3 is 0 Å². The number of nitrogens with two attached hydrogens (primary N) is 1. The fourth-order valence-electron chi connectivity index (χ4n) is 1.40. The maximum absolute atomic E-state index is 11.9. The zero-order valence-electron chi connectivity index (χ0n) is 8.73. The zero-order chi connectivity index (χ0) is 11.5. The average molecular weight is 217 g/mol. The van der Waals surface area contributed by atoms with E-state index in [1.165, 1.54) is 6.20 Å². The van der Waals surface area contributed by atoms with Crippen LogP contribution < -0.4 is 10.5 Å². The monoisotopic (exact) mass is 217 g/mol. The number of hydrogen-bond acceptors (Lipinski definition) is 4. The summed E-state index contributed by atoms with van der Waals surface area (Å²) >= 11 is 0. The maximum atomic E-state index is 11.9. The first-order valence-electron chi connectivity index (χ1n) is 4.70. The number of nitrogen functional groups attached to an aromatic ring is 1. The van der Waals surface area contributed by atoms with Crippen LogP contribution in [0.5, 0.6) is 5.75 Å². The molecule has 0 bridgehead atoms. The van der Waals surface area contributed by atoms with Crippen LogP contribution in [0.3, 0.4) is 0 Å². The summed E-state index contributed by atoms with van der Waals surface area (Å²) in [5, 5.41) is 6.33. The van der Waals surface area contributed by atoms with E-state index in [-0.39, 0.29) is 5.78 Å². The lowest BCUT2D eigenvalue weighted by Crippen LogP contribution is -2.06. The normalized spacial score (nSPS) is 10.1. The molecule has 1 aromatic heterocycles. The summed E-state index contributed by atoms with van der Waals surface area (Å²) < 4.78 is 5.01. The minimum absolute atomic E-state index is 0.183. The highest BCUT2D eigenvalue weighted by Crippen LogP contribution is 2.21. The molecule has 0 unspecified atom stereocenters. The van der Waals surface area contributed by atoms with Crippen LogP contribution in [-0.4, -0.2) is 23.1 Å². The van der Waals surface area contributed by atoms with Crippen LogP contribution in [0.25, 0.3) is 0 Å². The molecule has 5 heteroatoms. The van der Waals surface area contributed by atoms with Gasteiger partial charge in [-0.15, -0.1) is 0 Å². The molecule has 1 heterocycles. The van der Waals surface area contributed by atoms with Crippen LogP contribution in [-0.2, 0) is 0 Å². The third-order valence-electron chi connectivity index (χ3n) is 2.25. The third-order valence-corrected chi connectivity index (χ3v) is 2.25. The van der Waals surface area contributed by atoms with Gasteiger partial charge in [0.1, 0.15) is 11.4 Å². The minimum Gasteiger partial charge on any atom is -0.497 e. The summed E-state index contributed by atoms with van der Waals surface area (Å²) in [5.41, 5.74) is 7.01. The van der Waals surface area contributed by atoms with Gasteiger partial charge in [0.25, 0.3) is 0 Å². The van der Waals surface area contributed by atoms with E-state index in [0.29, 0.717) is 22.7 Å². The fraction of sp³-hybridized carbons (Fsp3) is 0.0909. The van der Waals surface area contributed by atoms with Gasteiger partial charge in [-0.2, -0.15) is 5.10 Å². The maximum Gasteiger partial charge on any atom is 0.212 e. The van der Waals surface area contributed by atoms with Crippen molar-refractivity contribution in [3.8, 4) is 5.75 Å². The number of anilines is 1. The van der Waals surface area contributed by atoms with Gasteiger partial charge in [0.05, 0.1) is 7.11 Å². The Labute approximate surface area is 92.2 Å². The number of ketones is 1. The molecular weight excluding hydrogens is 206 g/mol. The largest absolute Gasteiger partial charge is 0.497 e. The summed E-state index contributed by atoms with van der Waals surface area (Å²) in [4.78, 5) is 11.9. The second-order valence-corrected chi connectivity index (χ2v) is 3.25. The second-order valence-electron chi connectivity index (χ2n) is 3.25. The molecule has 0 atom stereocenters. The zero-order valence-corrected chi connectivity index (χ0v) is 8.73. The van der Waals surface area contributed by atoms with Gasteiger partial charge in [0.2, 0.25) is 5.78 Å². The predicted molar refractivity (Wildman–Crippen MR) is 59.4 cm³/mol. The van der Waals surface area contributed by atoms with Crippen LogP contribution >= 0.6 is 0 Å². The number of H-pyrrole nitrogens is 1. The highest BCUT2D eigenvalue weighted by Gasteiger charge is 2.13. The lowest BCUT2D eigenvalue weighted by molar-refractivity contribution is 0.103. The number of hydrogen-bond donors (Lipinski definition) is 2. The van der Waals surface area contributed by atoms with E-state index in [4.69, 9.17) is 10.5 Å². The summed E-state index contributed by atoms with van der Waals surface area (Å²) in [5.74, 6) is 0.441. The van der Waals surface area contributed by atoms with Crippen molar-refractivity contribution in [2.24, 2.45) is 0 Å². The molecule has 2 rings (SSSR count). The van der Waals surface area contributed by atoms with E-state index in [9.17, 15) is 4.79 Å². The Hall–Kier alpha value is -2.30. The molecule has 16 heavy (non-hydrogen) atoms. The number of rotatable bonds is 3. The smallest absolute Gasteiger partial charge is 0.212 e. The van der Waals surface area contributed by atoms with Crippen LogP contribution in [0.15, 0.2) is 30.5 Å². The molecular formula is C11H11N3O2. The molecule has 0 aliphatic carbocycles. The number of nitrogens with zero attached hydrogens (tertiary/aromatic N) is 1. The number of aromatic nitrogens is 2. The SMILES string of the molecule is COc1ccc(C(=O)c2ccn[nH]2)c(N)c1. The van der Waals surface area contributed by atoms with Gasteiger partial charge in [-0.1, -0.05) is 0 Å². The Morgan fingerprint density at radius 3 is 2.81 bits per heavy atom. The van der Waals surface area contributed by atoms with Crippen molar-refractivity contribution < 1.29 is 9.53 Å². The van der Waals surface area contributed by atoms with Gasteiger partial charge in [-0.05, 0) is 18.2 Å². The van der Waals surface area contributed by atoms with E-state index < -0.39 is 0 Å². The Kier molecular flexibility index (Phi) is 2.59. The summed E-state index contributed by atoms with van der Waals surface area (Å²) in [6.07, 6.45) is 1.52. The lowest BCUT2D eigenvalue weighted by Gasteiger charge is -2.05. The fourth-order valence-corrected chi connectivity index (χ4v) is 1.40. The molecule has 0 aliphatic heterocycles. The molecule has 2 aromatic rings. The second kappa shape index (κ2) is 4.06. The Balaban J connectivity index is 2.38. The summed E-state index contributed by atoms with van der Waals surface area (Å²) in [6.45, 7) is 0. The topological polar surface area (TPSA) is 81.0 Å². The van der Waals surface area contributed by atoms with Gasteiger partial charge in [0, 0.05) is 23.5 Å². The van der Waals surface area contributed by atoms with Crippen molar-refractivity contribution in [3.05, 3.63) is 41.7 Å². The minimum atomic E-state index is -0.183. The van der Waals surface area contributed by atoms with Crippen LogP contribution in [0.2, 0.25) is 0 Å². The van der Waals surface area contributed by atoms with Crippen molar-refractivity contribution in [2.45, 2.75) is 0 Å². The van der Waals surface area contributed by atoms with Crippen molar-refractivity contribution in [3.63, 3.8) is 0 Å². The molecule has 0 saturated carbocycles. The first kappa shape index (κ1) is 10.2. The van der Waals surface area contributed by atoms with Crippen LogP contribution in [0.4, 0.5) is 5.69 Å². The first-order valence-corrected chi connectivity index (χ1v) is 4.70. The van der Waals surface area contributed by atoms with Crippen LogP contribution in [0, 0.1) is 0 Å². The van der Waals surface area contributed by atoms with Crippen LogP contribution in [0.1, 0.15) is 16.1 Å². The van der Waals surface area contributed by atoms with Crippen molar-refractivity contribution in [2.75, 3.05) is 12.8 Å². The highest BCUT2D eigenvalue weighted by atomic mass is 16.5. The highest BCUT2D eigenvalue weighted by molar-refractivity contribution is 6.10. The molecule has 3 N–H and O–H groups in total. The number of benzene rings is 1. The summed E-state index contributed by atoms with van der Waals surface area (Å²) in [6, 6.07) is 6.55. The third kappa shape index (κ3) is 1.75. The van der Waals surface area contributed by atoms with E-state index in [0.717, 1.165) is 0 Å². The number of carbonyl (C=O) groups excluding carboxylic acids is 1. The molecule has 5 nitrogen and oxygen atoms in total. The number of aromatic amines is 1. The Bertz CT molecular complexity index is 506. The molecule has 82 valence electrons. The molecule has 0 fully saturated rings. The van der Waals surface area contributed by atoms with E-state index in [1.807, 2.05) is 0 Å².